The maximum atomic E-state index is 13.3. The molecule has 7 nitrogen and oxygen atoms in total. The summed E-state index contributed by atoms with van der Waals surface area (Å²) in [7, 11) is 0. The molecule has 1 amide bonds. The molecule has 0 spiro atoms. The van der Waals surface area contributed by atoms with Crippen LogP contribution in [0.5, 0.6) is 11.6 Å². The summed E-state index contributed by atoms with van der Waals surface area (Å²) in [6.07, 6.45) is 2.75. The molecule has 2 aromatic heterocycles. The highest BCUT2D eigenvalue weighted by Crippen LogP contribution is 2.25. The van der Waals surface area contributed by atoms with Crippen molar-refractivity contribution in [2.45, 2.75) is 6.92 Å². The second-order valence-corrected chi connectivity index (χ2v) is 7.51. The number of hydrogen-bond donors (Lipinski definition) is 1. The van der Waals surface area contributed by atoms with Gasteiger partial charge < -0.3 is 10.1 Å². The van der Waals surface area contributed by atoms with Crippen molar-refractivity contribution in [2.24, 2.45) is 0 Å². The van der Waals surface area contributed by atoms with E-state index in [1.165, 1.54) is 10.5 Å². The highest BCUT2D eigenvalue weighted by Gasteiger charge is 2.18. The molecule has 0 aliphatic carbocycles. The predicted octanol–water partition coefficient (Wildman–Crippen LogP) is 4.99. The largest absolute Gasteiger partial charge is 0.438 e. The van der Waals surface area contributed by atoms with E-state index in [0.29, 0.717) is 22.1 Å². The molecule has 0 fully saturated rings. The number of nitriles is 1. The first kappa shape index (κ1) is 21.8. The van der Waals surface area contributed by atoms with Crippen LogP contribution in [0.25, 0.3) is 11.7 Å². The number of hydrogen-bond acceptors (Lipinski definition) is 5. The zero-order valence-corrected chi connectivity index (χ0v) is 18.2. The molecule has 0 bridgehead atoms. The number of ether oxygens (including phenoxy) is 1. The first-order valence-electron chi connectivity index (χ1n) is 9.90. The molecule has 162 valence electrons. The molecule has 0 aliphatic rings. The number of benzene rings is 2. The van der Waals surface area contributed by atoms with Gasteiger partial charge in [0.1, 0.15) is 28.6 Å². The molecule has 1 N–H and O–H groups in total. The van der Waals surface area contributed by atoms with Crippen LogP contribution in [0.3, 0.4) is 0 Å². The van der Waals surface area contributed by atoms with Crippen LogP contribution >= 0.6 is 11.6 Å². The number of aromatic nitrogens is 2. The molecule has 4 rings (SSSR count). The zero-order chi connectivity index (χ0) is 23.4. The summed E-state index contributed by atoms with van der Waals surface area (Å²) in [5.74, 6) is -0.248. The molecule has 33 heavy (non-hydrogen) atoms. The van der Waals surface area contributed by atoms with Gasteiger partial charge in [-0.2, -0.15) is 10.2 Å². The average Bonchev–Trinajstić information content (AvgIpc) is 2.80. The Morgan fingerprint density at radius 3 is 2.67 bits per heavy atom. The molecule has 0 unspecified atom stereocenters. The van der Waals surface area contributed by atoms with Gasteiger partial charge in [-0.15, -0.1) is 0 Å². The van der Waals surface area contributed by atoms with E-state index < -0.39 is 11.5 Å². The summed E-state index contributed by atoms with van der Waals surface area (Å²) in [6.45, 7) is 1.82. The van der Waals surface area contributed by atoms with E-state index in [-0.39, 0.29) is 17.0 Å². The van der Waals surface area contributed by atoms with Crippen LogP contribution in [0.2, 0.25) is 5.02 Å². The van der Waals surface area contributed by atoms with Gasteiger partial charge in [0, 0.05) is 16.9 Å². The fourth-order valence-corrected chi connectivity index (χ4v) is 3.34. The molecular weight excluding hydrogens is 440 g/mol. The topological polar surface area (TPSA) is 96.5 Å². The van der Waals surface area contributed by atoms with E-state index in [1.54, 1.807) is 60.8 Å². The minimum Gasteiger partial charge on any atom is -0.438 e. The number of fused-ring (bicyclic) bond motifs is 1. The lowest BCUT2D eigenvalue weighted by Gasteiger charge is -2.11. The van der Waals surface area contributed by atoms with Crippen molar-refractivity contribution in [1.29, 1.82) is 5.26 Å². The van der Waals surface area contributed by atoms with Gasteiger partial charge in [-0.05, 0) is 55.0 Å². The standard InChI is InChI=1S/C25H17ClN4O3/c1-16-7-6-12-30-22(16)29-24(33-20-10-3-2-4-11-20)21(25(30)32)13-17(15-27)23(31)28-19-9-5-8-18(26)14-19/h2-14H,1H3,(H,28,31)/b17-13-. The van der Waals surface area contributed by atoms with E-state index >= 15 is 0 Å². The van der Waals surface area contributed by atoms with E-state index in [9.17, 15) is 14.9 Å². The van der Waals surface area contributed by atoms with Gasteiger partial charge >= 0.3 is 0 Å². The summed E-state index contributed by atoms with van der Waals surface area (Å²) in [6, 6.07) is 20.7. The molecular formula is C25H17ClN4O3. The third-order valence-corrected chi connectivity index (χ3v) is 4.98. The van der Waals surface area contributed by atoms with Gasteiger partial charge in [-0.1, -0.05) is 41.9 Å². The number of halogens is 1. The smallest absolute Gasteiger partial charge is 0.269 e. The first-order chi connectivity index (χ1) is 16.0. The van der Waals surface area contributed by atoms with E-state index in [4.69, 9.17) is 16.3 Å². The molecule has 0 saturated heterocycles. The number of pyridine rings is 1. The van der Waals surface area contributed by atoms with Crippen molar-refractivity contribution in [1.82, 2.24) is 9.38 Å². The monoisotopic (exact) mass is 456 g/mol. The number of amides is 1. The minimum atomic E-state index is -0.695. The average molecular weight is 457 g/mol. The van der Waals surface area contributed by atoms with Crippen LogP contribution in [-0.2, 0) is 4.79 Å². The Bertz CT molecular complexity index is 1490. The summed E-state index contributed by atoms with van der Waals surface area (Å²) >= 11 is 5.96. The molecule has 0 radical (unpaired) electrons. The van der Waals surface area contributed by atoms with Gasteiger partial charge in [0.05, 0.1) is 0 Å². The predicted molar refractivity (Wildman–Crippen MR) is 126 cm³/mol. The number of anilines is 1. The van der Waals surface area contributed by atoms with Crippen molar-refractivity contribution in [3.05, 3.63) is 105 Å². The number of carbonyl (C=O) groups is 1. The molecule has 0 saturated carbocycles. The lowest BCUT2D eigenvalue weighted by molar-refractivity contribution is -0.112. The number of aryl methyl sites for hydroxylation is 1. The van der Waals surface area contributed by atoms with Crippen LogP contribution in [-0.4, -0.2) is 15.3 Å². The Morgan fingerprint density at radius 1 is 1.15 bits per heavy atom. The summed E-state index contributed by atoms with van der Waals surface area (Å²) in [4.78, 5) is 30.6. The normalized spacial score (nSPS) is 11.1. The third kappa shape index (κ3) is 4.76. The summed E-state index contributed by atoms with van der Waals surface area (Å²) in [5, 5.41) is 12.7. The number of carbonyl (C=O) groups excluding carboxylic acids is 1. The number of para-hydroxylation sites is 1. The fourth-order valence-electron chi connectivity index (χ4n) is 3.15. The second-order valence-electron chi connectivity index (χ2n) is 7.07. The van der Waals surface area contributed by atoms with E-state index in [0.717, 1.165) is 5.56 Å². The third-order valence-electron chi connectivity index (χ3n) is 4.74. The quantitative estimate of drug-likeness (QED) is 0.337. The molecule has 2 aromatic carbocycles. The van der Waals surface area contributed by atoms with Crippen molar-refractivity contribution in [3.8, 4) is 17.7 Å². The van der Waals surface area contributed by atoms with Gasteiger partial charge in [0.2, 0.25) is 5.88 Å². The van der Waals surface area contributed by atoms with Gasteiger partial charge in [0.15, 0.2) is 0 Å². The molecule has 4 aromatic rings. The lowest BCUT2D eigenvalue weighted by Crippen LogP contribution is -2.20. The van der Waals surface area contributed by atoms with Crippen LogP contribution in [0, 0.1) is 18.3 Å². The van der Waals surface area contributed by atoms with Crippen LogP contribution in [0.15, 0.2) is 83.3 Å². The Balaban J connectivity index is 1.83. The molecule has 2 heterocycles. The van der Waals surface area contributed by atoms with E-state index in [2.05, 4.69) is 10.3 Å². The van der Waals surface area contributed by atoms with Crippen molar-refractivity contribution >= 4 is 34.9 Å². The first-order valence-corrected chi connectivity index (χ1v) is 10.3. The van der Waals surface area contributed by atoms with Crippen molar-refractivity contribution < 1.29 is 9.53 Å². The highest BCUT2D eigenvalue weighted by molar-refractivity contribution is 6.31. The van der Waals surface area contributed by atoms with Crippen LogP contribution in [0.4, 0.5) is 5.69 Å². The zero-order valence-electron chi connectivity index (χ0n) is 17.4. The number of rotatable bonds is 5. The number of nitrogens with zero attached hydrogens (tertiary/aromatic N) is 3. The van der Waals surface area contributed by atoms with E-state index in [1.807, 2.05) is 25.1 Å². The minimum absolute atomic E-state index is 0.0104. The second kappa shape index (κ2) is 9.39. The van der Waals surface area contributed by atoms with Crippen molar-refractivity contribution in [2.75, 3.05) is 5.32 Å². The molecule has 8 heteroatoms. The maximum absolute atomic E-state index is 13.3. The lowest BCUT2D eigenvalue weighted by atomic mass is 10.1. The Morgan fingerprint density at radius 2 is 1.94 bits per heavy atom. The van der Waals surface area contributed by atoms with Gasteiger partial charge in [-0.25, -0.2) is 0 Å². The van der Waals surface area contributed by atoms with Crippen molar-refractivity contribution in [3.63, 3.8) is 0 Å². The Hall–Kier alpha value is -4.41. The van der Waals surface area contributed by atoms with Crippen LogP contribution < -0.4 is 15.6 Å². The van der Waals surface area contributed by atoms with Crippen LogP contribution in [0.1, 0.15) is 11.1 Å². The Labute approximate surface area is 194 Å². The molecule has 0 aliphatic heterocycles. The fraction of sp³-hybridized carbons (Fsp3) is 0.0400. The number of nitrogens with one attached hydrogen (secondary N) is 1. The van der Waals surface area contributed by atoms with Gasteiger partial charge in [-0.3, -0.25) is 14.0 Å². The molecule has 0 atom stereocenters. The Kier molecular flexibility index (Phi) is 6.20. The highest BCUT2D eigenvalue weighted by atomic mass is 35.5. The SMILES string of the molecule is Cc1cccn2c(=O)c(/C=C(/C#N)C(=O)Nc3cccc(Cl)c3)c(Oc3ccccc3)nc12. The van der Waals surface area contributed by atoms with Gasteiger partial charge in [0.25, 0.3) is 11.5 Å². The maximum Gasteiger partial charge on any atom is 0.269 e. The summed E-state index contributed by atoms with van der Waals surface area (Å²) in [5.41, 5.74) is 0.796. The summed E-state index contributed by atoms with van der Waals surface area (Å²) < 4.78 is 7.24.